The Morgan fingerprint density at radius 3 is 2.81 bits per heavy atom. The predicted molar refractivity (Wildman–Crippen MR) is 107 cm³/mol. The molecule has 5 nitrogen and oxygen atoms in total. The molecule has 138 valence electrons. The van der Waals surface area contributed by atoms with Gasteiger partial charge in [-0.3, -0.25) is 4.68 Å². The fraction of sp³-hybridized carbons (Fsp3) is 0.318. The van der Waals surface area contributed by atoms with Crippen molar-refractivity contribution < 1.29 is 9.90 Å². The molecule has 2 aromatic heterocycles. The Labute approximate surface area is 158 Å². The molecule has 1 aliphatic carbocycles. The maximum atomic E-state index is 12.1. The summed E-state index contributed by atoms with van der Waals surface area (Å²) >= 11 is 0. The van der Waals surface area contributed by atoms with E-state index in [1.807, 2.05) is 42.2 Å². The largest absolute Gasteiger partial charge is 0.478 e. The highest BCUT2D eigenvalue weighted by Crippen LogP contribution is 2.36. The number of allylic oxidation sites excluding steroid dienone is 1. The van der Waals surface area contributed by atoms with Crippen molar-refractivity contribution in [2.75, 3.05) is 0 Å². The van der Waals surface area contributed by atoms with Crippen LogP contribution in [-0.2, 0) is 6.42 Å². The third-order valence-corrected chi connectivity index (χ3v) is 5.12. The molecule has 0 fully saturated rings. The van der Waals surface area contributed by atoms with Gasteiger partial charge in [-0.15, -0.1) is 0 Å². The lowest BCUT2D eigenvalue weighted by Crippen LogP contribution is -2.13. The van der Waals surface area contributed by atoms with E-state index in [1.165, 1.54) is 0 Å². The van der Waals surface area contributed by atoms with E-state index in [-0.39, 0.29) is 0 Å². The molecule has 0 bridgehead atoms. The van der Waals surface area contributed by atoms with E-state index >= 15 is 0 Å². The lowest BCUT2D eigenvalue weighted by molar-refractivity contribution is 0.0697. The Balaban J connectivity index is 1.91. The highest BCUT2D eigenvalue weighted by atomic mass is 16.4. The Kier molecular flexibility index (Phi) is 4.30. The topological polar surface area (TPSA) is 68.0 Å². The molecule has 1 aromatic carbocycles. The second-order valence-electron chi connectivity index (χ2n) is 7.51. The monoisotopic (exact) mass is 361 g/mol. The van der Waals surface area contributed by atoms with E-state index in [9.17, 15) is 9.90 Å². The quantitative estimate of drug-likeness (QED) is 0.721. The van der Waals surface area contributed by atoms with Gasteiger partial charge in [-0.1, -0.05) is 11.6 Å². The fourth-order valence-corrected chi connectivity index (χ4v) is 3.80. The maximum absolute atomic E-state index is 12.1. The average Bonchev–Trinajstić information content (AvgIpc) is 3.09. The van der Waals surface area contributed by atoms with E-state index in [4.69, 9.17) is 4.98 Å². The smallest absolute Gasteiger partial charge is 0.336 e. The number of carboxylic acids is 1. The highest BCUT2D eigenvalue weighted by molar-refractivity contribution is 6.06. The van der Waals surface area contributed by atoms with Gasteiger partial charge in [0.05, 0.1) is 23.0 Å². The number of rotatable bonds is 3. The molecule has 0 unspecified atom stereocenters. The van der Waals surface area contributed by atoms with E-state index in [0.29, 0.717) is 11.6 Å². The number of fused-ring (bicyclic) bond motifs is 2. The maximum Gasteiger partial charge on any atom is 0.336 e. The molecule has 0 amide bonds. The predicted octanol–water partition coefficient (Wildman–Crippen LogP) is 4.90. The zero-order valence-corrected chi connectivity index (χ0v) is 15.9. The normalized spacial score (nSPS) is 15.5. The van der Waals surface area contributed by atoms with Crippen LogP contribution in [0.1, 0.15) is 65.5 Å². The molecular weight excluding hydrogens is 338 g/mol. The summed E-state index contributed by atoms with van der Waals surface area (Å²) in [5, 5.41) is 15.0. The van der Waals surface area contributed by atoms with Crippen LogP contribution in [0.3, 0.4) is 0 Å². The van der Waals surface area contributed by atoms with Gasteiger partial charge >= 0.3 is 5.97 Å². The first-order valence-electron chi connectivity index (χ1n) is 9.35. The summed E-state index contributed by atoms with van der Waals surface area (Å²) in [4.78, 5) is 16.9. The molecule has 2 heterocycles. The number of aromatic nitrogens is 3. The Hall–Kier alpha value is -2.95. The van der Waals surface area contributed by atoms with Crippen LogP contribution in [0, 0.1) is 6.92 Å². The minimum atomic E-state index is -0.877. The van der Waals surface area contributed by atoms with Crippen molar-refractivity contribution in [3.63, 3.8) is 0 Å². The second-order valence-corrected chi connectivity index (χ2v) is 7.51. The van der Waals surface area contributed by atoms with E-state index in [1.54, 1.807) is 0 Å². The van der Waals surface area contributed by atoms with Gasteiger partial charge in [0, 0.05) is 23.2 Å². The summed E-state index contributed by atoms with van der Waals surface area (Å²) in [5.41, 5.74) is 5.98. The number of aromatic carboxylic acids is 1. The number of nitrogens with zero attached hydrogens (tertiary/aromatic N) is 3. The molecule has 27 heavy (non-hydrogen) atoms. The number of benzene rings is 1. The third-order valence-electron chi connectivity index (χ3n) is 5.12. The molecule has 0 aliphatic heterocycles. The first-order chi connectivity index (χ1) is 12.9. The van der Waals surface area contributed by atoms with Gasteiger partial charge in [-0.25, -0.2) is 9.78 Å². The van der Waals surface area contributed by atoms with Crippen molar-refractivity contribution >= 4 is 28.5 Å². The molecule has 4 rings (SSSR count). The van der Waals surface area contributed by atoms with Crippen molar-refractivity contribution in [1.29, 1.82) is 0 Å². The van der Waals surface area contributed by atoms with Crippen LogP contribution in [0.5, 0.6) is 0 Å². The van der Waals surface area contributed by atoms with Crippen LogP contribution in [0.25, 0.3) is 22.6 Å². The number of pyridine rings is 1. The molecule has 0 spiro atoms. The Morgan fingerprint density at radius 2 is 2.11 bits per heavy atom. The molecule has 0 atom stereocenters. The molecule has 1 aliphatic rings. The summed E-state index contributed by atoms with van der Waals surface area (Å²) in [6.07, 6.45) is 8.54. The number of hydrogen-bond acceptors (Lipinski definition) is 3. The van der Waals surface area contributed by atoms with Crippen LogP contribution in [0.2, 0.25) is 0 Å². The van der Waals surface area contributed by atoms with Gasteiger partial charge < -0.3 is 5.11 Å². The minimum Gasteiger partial charge on any atom is -0.478 e. The van der Waals surface area contributed by atoms with Crippen molar-refractivity contribution in [2.45, 2.75) is 46.1 Å². The average molecular weight is 361 g/mol. The van der Waals surface area contributed by atoms with Crippen molar-refractivity contribution in [3.8, 4) is 0 Å². The molecule has 3 aromatic rings. The van der Waals surface area contributed by atoms with Crippen LogP contribution in [0.15, 0.2) is 30.6 Å². The van der Waals surface area contributed by atoms with Crippen molar-refractivity contribution in [3.05, 3.63) is 58.5 Å². The van der Waals surface area contributed by atoms with Crippen LogP contribution in [0.4, 0.5) is 0 Å². The molecule has 0 radical (unpaired) electrons. The Morgan fingerprint density at radius 1 is 1.30 bits per heavy atom. The van der Waals surface area contributed by atoms with Crippen molar-refractivity contribution in [1.82, 2.24) is 14.8 Å². The van der Waals surface area contributed by atoms with Gasteiger partial charge in [-0.2, -0.15) is 5.10 Å². The first kappa shape index (κ1) is 17.5. The zero-order valence-electron chi connectivity index (χ0n) is 15.9. The minimum absolute atomic E-state index is 0.305. The SMILES string of the molecule is Cc1ccc2nc3c(c(C(=O)O)c2c1)CCC/C3=C/c1cnn(C(C)C)c1. The van der Waals surface area contributed by atoms with Crippen LogP contribution < -0.4 is 0 Å². The molecular formula is C22H23N3O2. The van der Waals surface area contributed by atoms with Gasteiger partial charge in [0.15, 0.2) is 0 Å². The van der Waals surface area contributed by atoms with Crippen LogP contribution in [-0.4, -0.2) is 25.8 Å². The molecule has 1 N–H and O–H groups in total. The summed E-state index contributed by atoms with van der Waals surface area (Å²) in [6, 6.07) is 6.13. The van der Waals surface area contributed by atoms with Gasteiger partial charge in [0.2, 0.25) is 0 Å². The molecule has 0 saturated heterocycles. The summed E-state index contributed by atoms with van der Waals surface area (Å²) in [5.74, 6) is -0.877. The zero-order chi connectivity index (χ0) is 19.1. The summed E-state index contributed by atoms with van der Waals surface area (Å²) in [7, 11) is 0. The third kappa shape index (κ3) is 3.14. The highest BCUT2D eigenvalue weighted by Gasteiger charge is 2.25. The Bertz CT molecular complexity index is 1080. The van der Waals surface area contributed by atoms with Crippen molar-refractivity contribution in [2.24, 2.45) is 0 Å². The summed E-state index contributed by atoms with van der Waals surface area (Å²) in [6.45, 7) is 6.16. The van der Waals surface area contributed by atoms with Gasteiger partial charge in [0.1, 0.15) is 0 Å². The summed E-state index contributed by atoms with van der Waals surface area (Å²) < 4.78 is 1.93. The number of hydrogen-bond donors (Lipinski definition) is 1. The van der Waals surface area contributed by atoms with Gasteiger partial charge in [0.25, 0.3) is 0 Å². The van der Waals surface area contributed by atoms with Crippen LogP contribution >= 0.6 is 0 Å². The van der Waals surface area contributed by atoms with E-state index in [0.717, 1.165) is 58.1 Å². The lowest BCUT2D eigenvalue weighted by atomic mass is 9.86. The number of aryl methyl sites for hydroxylation is 1. The molecule has 5 heteroatoms. The molecule has 0 saturated carbocycles. The fourth-order valence-electron chi connectivity index (χ4n) is 3.80. The van der Waals surface area contributed by atoms with E-state index < -0.39 is 5.97 Å². The second kappa shape index (κ2) is 6.65. The lowest BCUT2D eigenvalue weighted by Gasteiger charge is -2.21. The van der Waals surface area contributed by atoms with E-state index in [2.05, 4.69) is 25.0 Å². The standard InChI is InChI=1S/C22H23N3O2/c1-13(2)25-12-15(11-23-25)10-16-5-4-6-17-20(22(26)27)18-9-14(3)7-8-19(18)24-21(16)17/h7-13H,4-6H2,1-3H3,(H,26,27)/b16-10-. The first-order valence-corrected chi connectivity index (χ1v) is 9.35. The number of carbonyl (C=O) groups is 1. The van der Waals surface area contributed by atoms with Gasteiger partial charge in [-0.05, 0) is 69.4 Å². The number of carboxylic acid groups (broad SMARTS) is 1.